The molecule has 1 aliphatic carbocycles. The predicted molar refractivity (Wildman–Crippen MR) is 139 cm³/mol. The number of benzene rings is 1. The molecular formula is C27H32N8O2. The van der Waals surface area contributed by atoms with E-state index in [2.05, 4.69) is 49.1 Å². The highest BCUT2D eigenvalue weighted by atomic mass is 16.5. The van der Waals surface area contributed by atoms with Crippen LogP contribution in [0.1, 0.15) is 79.4 Å². The van der Waals surface area contributed by atoms with E-state index in [-0.39, 0.29) is 23.2 Å². The van der Waals surface area contributed by atoms with Gasteiger partial charge in [-0.25, -0.2) is 9.97 Å². The second-order valence-corrected chi connectivity index (χ2v) is 10.5. The summed E-state index contributed by atoms with van der Waals surface area (Å²) in [5, 5.41) is 14.6. The molecule has 1 aromatic carbocycles. The highest BCUT2D eigenvalue weighted by molar-refractivity contribution is 5.90. The molecule has 10 heteroatoms. The van der Waals surface area contributed by atoms with Gasteiger partial charge in [-0.05, 0) is 49.4 Å². The molecule has 0 aliphatic heterocycles. The van der Waals surface area contributed by atoms with Gasteiger partial charge in [0, 0.05) is 24.2 Å². The molecule has 4 aromatic rings. The van der Waals surface area contributed by atoms with Gasteiger partial charge in [0.1, 0.15) is 0 Å². The molecule has 2 N–H and O–H groups in total. The molecule has 3 aromatic heterocycles. The fraction of sp³-hybridized carbons (Fsp3) is 0.407. The summed E-state index contributed by atoms with van der Waals surface area (Å²) in [6.45, 7) is 7.90. The van der Waals surface area contributed by atoms with E-state index in [4.69, 9.17) is 9.51 Å². The van der Waals surface area contributed by atoms with Gasteiger partial charge in [0.25, 0.3) is 11.7 Å². The minimum Gasteiger partial charge on any atom is -0.342 e. The SMILES string of the molecule is Cc1c(Nc2nccc(-c3ccc4c(c3)CCCCC4NC(=O)c3noc(C(C)(C)C)n3)n2)cnn1C. The molecule has 37 heavy (non-hydrogen) atoms. The summed E-state index contributed by atoms with van der Waals surface area (Å²) in [4.78, 5) is 26.4. The van der Waals surface area contributed by atoms with E-state index in [0.717, 1.165) is 53.9 Å². The average Bonchev–Trinajstić information content (AvgIpc) is 3.44. The molecule has 0 radical (unpaired) electrons. The van der Waals surface area contributed by atoms with Crippen LogP contribution in [0, 0.1) is 6.92 Å². The van der Waals surface area contributed by atoms with Crippen molar-refractivity contribution < 1.29 is 9.32 Å². The van der Waals surface area contributed by atoms with Crippen molar-refractivity contribution in [2.75, 3.05) is 5.32 Å². The summed E-state index contributed by atoms with van der Waals surface area (Å²) in [6.07, 6.45) is 7.38. The molecule has 192 valence electrons. The van der Waals surface area contributed by atoms with Gasteiger partial charge in [-0.15, -0.1) is 0 Å². The second kappa shape index (κ2) is 9.76. The summed E-state index contributed by atoms with van der Waals surface area (Å²) < 4.78 is 7.11. The largest absolute Gasteiger partial charge is 0.342 e. The van der Waals surface area contributed by atoms with E-state index in [1.54, 1.807) is 17.1 Å². The van der Waals surface area contributed by atoms with Crippen LogP contribution in [0.4, 0.5) is 11.6 Å². The lowest BCUT2D eigenvalue weighted by Crippen LogP contribution is -2.29. The van der Waals surface area contributed by atoms with Gasteiger partial charge in [-0.2, -0.15) is 10.1 Å². The zero-order chi connectivity index (χ0) is 26.2. The maximum Gasteiger partial charge on any atom is 0.293 e. The van der Waals surface area contributed by atoms with Crippen molar-refractivity contribution in [3.05, 3.63) is 65.2 Å². The van der Waals surface area contributed by atoms with Crippen molar-refractivity contribution in [1.82, 2.24) is 35.2 Å². The number of carbonyl (C=O) groups excluding carboxylic acids is 1. The number of fused-ring (bicyclic) bond motifs is 1. The number of hydrogen-bond donors (Lipinski definition) is 2. The van der Waals surface area contributed by atoms with Crippen molar-refractivity contribution >= 4 is 17.5 Å². The van der Waals surface area contributed by atoms with Crippen LogP contribution in [0.3, 0.4) is 0 Å². The normalized spacial score (nSPS) is 15.6. The lowest BCUT2D eigenvalue weighted by atomic mass is 9.95. The van der Waals surface area contributed by atoms with Crippen LogP contribution in [-0.2, 0) is 18.9 Å². The number of anilines is 2. The quantitative estimate of drug-likeness (QED) is 0.374. The molecule has 0 fully saturated rings. The first-order valence-electron chi connectivity index (χ1n) is 12.6. The molecular weight excluding hydrogens is 468 g/mol. The Labute approximate surface area is 215 Å². The molecule has 5 rings (SSSR count). The Balaban J connectivity index is 1.37. The molecule has 1 amide bonds. The number of nitrogens with zero attached hydrogens (tertiary/aromatic N) is 6. The minimum absolute atomic E-state index is 0.0669. The second-order valence-electron chi connectivity index (χ2n) is 10.5. The van der Waals surface area contributed by atoms with Gasteiger partial charge in [0.2, 0.25) is 11.8 Å². The number of amides is 1. The van der Waals surface area contributed by atoms with Crippen molar-refractivity contribution in [3.8, 4) is 11.3 Å². The predicted octanol–water partition coefficient (Wildman–Crippen LogP) is 4.81. The zero-order valence-corrected chi connectivity index (χ0v) is 21.9. The van der Waals surface area contributed by atoms with Gasteiger partial charge in [0.05, 0.1) is 29.3 Å². The summed E-state index contributed by atoms with van der Waals surface area (Å²) in [5.74, 6) is 0.708. The summed E-state index contributed by atoms with van der Waals surface area (Å²) in [5.41, 5.74) is 5.72. The lowest BCUT2D eigenvalue weighted by molar-refractivity contribution is 0.0921. The highest BCUT2D eigenvalue weighted by Crippen LogP contribution is 2.32. The fourth-order valence-corrected chi connectivity index (χ4v) is 4.46. The van der Waals surface area contributed by atoms with Gasteiger partial charge < -0.3 is 15.2 Å². The smallest absolute Gasteiger partial charge is 0.293 e. The van der Waals surface area contributed by atoms with Crippen molar-refractivity contribution in [2.45, 2.75) is 64.8 Å². The molecule has 0 saturated heterocycles. The minimum atomic E-state index is -0.321. The van der Waals surface area contributed by atoms with Crippen LogP contribution in [0.2, 0.25) is 0 Å². The Bertz CT molecular complexity index is 1430. The van der Waals surface area contributed by atoms with Gasteiger partial charge >= 0.3 is 0 Å². The molecule has 1 aliphatic rings. The van der Waals surface area contributed by atoms with Crippen LogP contribution in [-0.4, -0.2) is 35.8 Å². The highest BCUT2D eigenvalue weighted by Gasteiger charge is 2.27. The fourth-order valence-electron chi connectivity index (χ4n) is 4.46. The molecule has 10 nitrogen and oxygen atoms in total. The van der Waals surface area contributed by atoms with E-state index < -0.39 is 0 Å². The van der Waals surface area contributed by atoms with Crippen molar-refractivity contribution in [2.24, 2.45) is 7.05 Å². The molecule has 0 spiro atoms. The number of carbonyl (C=O) groups is 1. The van der Waals surface area contributed by atoms with Crippen LogP contribution in [0.15, 0.2) is 41.2 Å². The molecule has 1 unspecified atom stereocenters. The maximum atomic E-state index is 13.0. The third-order valence-corrected chi connectivity index (χ3v) is 6.72. The number of aromatic nitrogens is 6. The summed E-state index contributed by atoms with van der Waals surface area (Å²) in [6, 6.07) is 8.11. The Hall–Kier alpha value is -4.08. The van der Waals surface area contributed by atoms with E-state index >= 15 is 0 Å². The van der Waals surface area contributed by atoms with Crippen molar-refractivity contribution in [3.63, 3.8) is 0 Å². The molecule has 3 heterocycles. The summed E-state index contributed by atoms with van der Waals surface area (Å²) >= 11 is 0. The molecule has 0 saturated carbocycles. The van der Waals surface area contributed by atoms with E-state index in [9.17, 15) is 4.79 Å². The van der Waals surface area contributed by atoms with Crippen LogP contribution in [0.5, 0.6) is 0 Å². The molecule has 1 atom stereocenters. The Kier molecular flexibility index (Phi) is 6.49. The van der Waals surface area contributed by atoms with Gasteiger partial charge in [0.15, 0.2) is 0 Å². The van der Waals surface area contributed by atoms with E-state index in [0.29, 0.717) is 11.8 Å². The van der Waals surface area contributed by atoms with Crippen LogP contribution >= 0.6 is 0 Å². The number of nitrogens with one attached hydrogen (secondary N) is 2. The van der Waals surface area contributed by atoms with E-state index in [1.165, 1.54) is 5.56 Å². The Morgan fingerprint density at radius 2 is 2.00 bits per heavy atom. The topological polar surface area (TPSA) is 124 Å². The third-order valence-electron chi connectivity index (χ3n) is 6.72. The van der Waals surface area contributed by atoms with Gasteiger partial charge in [-0.3, -0.25) is 9.48 Å². The molecule has 0 bridgehead atoms. The first kappa shape index (κ1) is 24.6. The maximum absolute atomic E-state index is 13.0. The zero-order valence-electron chi connectivity index (χ0n) is 21.9. The Morgan fingerprint density at radius 3 is 2.73 bits per heavy atom. The Morgan fingerprint density at radius 1 is 1.16 bits per heavy atom. The van der Waals surface area contributed by atoms with Crippen LogP contribution in [0.25, 0.3) is 11.3 Å². The monoisotopic (exact) mass is 500 g/mol. The average molecular weight is 501 g/mol. The number of hydrogen-bond acceptors (Lipinski definition) is 8. The first-order chi connectivity index (χ1) is 17.7. The van der Waals surface area contributed by atoms with Gasteiger partial charge in [-0.1, -0.05) is 44.5 Å². The van der Waals surface area contributed by atoms with E-state index in [1.807, 2.05) is 40.8 Å². The van der Waals surface area contributed by atoms with Crippen LogP contribution < -0.4 is 10.6 Å². The first-order valence-corrected chi connectivity index (χ1v) is 12.6. The number of aryl methyl sites for hydroxylation is 2. The number of rotatable bonds is 5. The third kappa shape index (κ3) is 5.23. The summed E-state index contributed by atoms with van der Waals surface area (Å²) in [7, 11) is 1.90. The van der Waals surface area contributed by atoms with Crippen molar-refractivity contribution in [1.29, 1.82) is 0 Å². The standard InChI is InChI=1S/C27H32N8O2/c1-16-22(15-29-35(16)5)32-26-28-13-12-20(31-26)18-10-11-19-17(14-18)8-6-7-9-21(19)30-24(36)23-33-25(37-34-23)27(2,3)4/h10-15,21H,6-9H2,1-5H3,(H,30,36)(H,28,31,32). The lowest BCUT2D eigenvalue weighted by Gasteiger charge is -2.19.